The fraction of sp³-hybridized carbons (Fsp3) is 0.281. The molecule has 0 aliphatic heterocycles. The Balaban J connectivity index is 1.44. The van der Waals surface area contributed by atoms with Crippen LogP contribution >= 0.6 is 12.2 Å². The van der Waals surface area contributed by atoms with E-state index in [1.807, 2.05) is 67.6 Å². The van der Waals surface area contributed by atoms with Gasteiger partial charge in [-0.1, -0.05) is 92.1 Å². The van der Waals surface area contributed by atoms with E-state index in [2.05, 4.69) is 34.4 Å². The molecule has 3 aromatic carbocycles. The van der Waals surface area contributed by atoms with Gasteiger partial charge in [-0.3, -0.25) is 15.6 Å². The zero-order valence-corrected chi connectivity index (χ0v) is 23.0. The number of fused-ring (bicyclic) bond motifs is 4. The molecule has 0 amide bonds. The fourth-order valence-corrected chi connectivity index (χ4v) is 6.39. The van der Waals surface area contributed by atoms with Crippen LogP contribution in [0.2, 0.25) is 0 Å². The molecule has 3 N–H and O–H groups in total. The molecule has 1 aromatic heterocycles. The third-order valence-electron chi connectivity index (χ3n) is 8.17. The molecule has 0 saturated heterocycles. The molecule has 7 heteroatoms. The number of rotatable bonds is 5. The van der Waals surface area contributed by atoms with Crippen LogP contribution in [0, 0.1) is 6.92 Å². The topological polar surface area (TPSA) is 71.0 Å². The third-order valence-corrected chi connectivity index (χ3v) is 8.41. The summed E-state index contributed by atoms with van der Waals surface area (Å²) in [7, 11) is 0. The number of aryl methyl sites for hydroxylation is 1. The molecule has 0 atom stereocenters. The van der Waals surface area contributed by atoms with Crippen molar-refractivity contribution in [2.75, 3.05) is 5.43 Å². The first-order valence-corrected chi connectivity index (χ1v) is 14.1. The van der Waals surface area contributed by atoms with E-state index in [1.165, 1.54) is 12.0 Å². The van der Waals surface area contributed by atoms with Crippen LogP contribution < -0.4 is 21.7 Å². The molecule has 4 aromatic rings. The number of anilines is 1. The van der Waals surface area contributed by atoms with E-state index in [-0.39, 0.29) is 11.0 Å². The highest BCUT2D eigenvalue weighted by atomic mass is 32.1. The first-order valence-electron chi connectivity index (χ1n) is 13.7. The molecule has 39 heavy (non-hydrogen) atoms. The first kappa shape index (κ1) is 25.3. The van der Waals surface area contributed by atoms with Crippen LogP contribution in [0.25, 0.3) is 16.9 Å². The van der Waals surface area contributed by atoms with Gasteiger partial charge in [0.15, 0.2) is 5.11 Å². The number of thiocarbonyl (C=S) groups is 1. The number of hydrogen-bond acceptors (Lipinski definition) is 4. The Bertz CT molecular complexity index is 1570. The van der Waals surface area contributed by atoms with E-state index in [0.717, 1.165) is 65.7 Å². The molecule has 0 bridgehead atoms. The molecule has 6 rings (SSSR count). The van der Waals surface area contributed by atoms with Crippen molar-refractivity contribution in [3.63, 3.8) is 0 Å². The lowest BCUT2D eigenvalue weighted by Gasteiger charge is -2.42. The van der Waals surface area contributed by atoms with Crippen LogP contribution in [0.3, 0.4) is 0 Å². The molecule has 2 aliphatic rings. The van der Waals surface area contributed by atoms with Crippen LogP contribution in [0.5, 0.6) is 0 Å². The van der Waals surface area contributed by atoms with Gasteiger partial charge >= 0.3 is 0 Å². The monoisotopic (exact) mass is 535 g/mol. The summed E-state index contributed by atoms with van der Waals surface area (Å²) in [5.41, 5.74) is 13.0. The van der Waals surface area contributed by atoms with Crippen molar-refractivity contribution in [2.45, 2.75) is 57.4 Å². The van der Waals surface area contributed by atoms with Gasteiger partial charge in [0.1, 0.15) is 0 Å². The summed E-state index contributed by atoms with van der Waals surface area (Å²) >= 11 is 5.55. The van der Waals surface area contributed by atoms with E-state index in [0.29, 0.717) is 17.6 Å². The molecule has 0 unspecified atom stereocenters. The highest BCUT2D eigenvalue weighted by Crippen LogP contribution is 2.48. The molecule has 0 radical (unpaired) electrons. The lowest BCUT2D eigenvalue weighted by atomic mass is 9.62. The molecule has 2 aliphatic carbocycles. The zero-order valence-electron chi connectivity index (χ0n) is 22.2. The van der Waals surface area contributed by atoms with Gasteiger partial charge in [-0.05, 0) is 61.2 Å². The number of benzene rings is 3. The van der Waals surface area contributed by atoms with Crippen molar-refractivity contribution in [1.82, 2.24) is 20.3 Å². The van der Waals surface area contributed by atoms with Crippen molar-refractivity contribution in [2.24, 2.45) is 0 Å². The summed E-state index contributed by atoms with van der Waals surface area (Å²) in [6.07, 6.45) is 6.40. The maximum atomic E-state index is 14.6. The van der Waals surface area contributed by atoms with Gasteiger partial charge < -0.3 is 5.32 Å². The number of nitrogens with zero attached hydrogens (tertiary/aromatic N) is 2. The normalized spacial score (nSPS) is 15.2. The second-order valence-electron chi connectivity index (χ2n) is 10.7. The predicted octanol–water partition coefficient (Wildman–Crippen LogP) is 5.96. The van der Waals surface area contributed by atoms with E-state index < -0.39 is 0 Å². The van der Waals surface area contributed by atoms with Crippen LogP contribution in [0.1, 0.15) is 54.4 Å². The van der Waals surface area contributed by atoms with Gasteiger partial charge in [-0.25, -0.2) is 9.55 Å². The Hall–Kier alpha value is -3.97. The second-order valence-corrected chi connectivity index (χ2v) is 11.1. The van der Waals surface area contributed by atoms with Crippen molar-refractivity contribution in [1.29, 1.82) is 0 Å². The number of para-hydroxylation sites is 1. The first-order chi connectivity index (χ1) is 19.1. The van der Waals surface area contributed by atoms with Crippen LogP contribution in [-0.2, 0) is 18.4 Å². The van der Waals surface area contributed by atoms with Crippen molar-refractivity contribution >= 4 is 23.3 Å². The molecular formula is C32H33N5OS. The van der Waals surface area contributed by atoms with Gasteiger partial charge in [-0.2, -0.15) is 0 Å². The summed E-state index contributed by atoms with van der Waals surface area (Å²) < 4.78 is 1.73. The van der Waals surface area contributed by atoms with Crippen molar-refractivity contribution in [3.8, 4) is 16.9 Å². The fourth-order valence-electron chi connectivity index (χ4n) is 6.26. The Kier molecular flexibility index (Phi) is 6.92. The average Bonchev–Trinajstić information content (AvgIpc) is 2.96. The predicted molar refractivity (Wildman–Crippen MR) is 161 cm³/mol. The van der Waals surface area contributed by atoms with E-state index in [4.69, 9.17) is 17.2 Å². The van der Waals surface area contributed by atoms with E-state index in [1.54, 1.807) is 4.57 Å². The van der Waals surface area contributed by atoms with E-state index >= 15 is 0 Å². The quantitative estimate of drug-likeness (QED) is 0.217. The summed E-state index contributed by atoms with van der Waals surface area (Å²) in [5.74, 6) is 0.416. The van der Waals surface area contributed by atoms with Crippen molar-refractivity contribution in [3.05, 3.63) is 111 Å². The highest BCUT2D eigenvalue weighted by molar-refractivity contribution is 7.80. The molecule has 198 valence electrons. The Morgan fingerprint density at radius 1 is 0.949 bits per heavy atom. The number of hydrogen-bond donors (Lipinski definition) is 3. The minimum atomic E-state index is -0.186. The Morgan fingerprint density at radius 2 is 1.67 bits per heavy atom. The SMILES string of the molecule is Cc1ccccc1-n1c(NNC(=S)NCc2ccccc2)nc2c(c1=O)C1(CCCCC1)Cc1ccccc1-2. The van der Waals surface area contributed by atoms with Gasteiger partial charge in [-0.15, -0.1) is 0 Å². The minimum Gasteiger partial charge on any atom is -0.357 e. The van der Waals surface area contributed by atoms with Crippen LogP contribution in [-0.4, -0.2) is 14.7 Å². The van der Waals surface area contributed by atoms with Gasteiger partial charge in [0.2, 0.25) is 5.95 Å². The molecule has 6 nitrogen and oxygen atoms in total. The lowest BCUT2D eigenvalue weighted by Crippen LogP contribution is -2.45. The standard InChI is InChI=1S/C32H33N5OS/c1-22-12-6-9-17-26(22)37-29(38)27-28(25-16-8-7-15-24(25)20-32(27)18-10-3-11-19-32)34-30(37)35-36-31(39)33-21-23-13-4-2-5-14-23/h2,4-9,12-17H,3,10-11,18-21H2,1H3,(H,34,35)(H2,33,36,39). The lowest BCUT2D eigenvalue weighted by molar-refractivity contribution is 0.284. The zero-order chi connectivity index (χ0) is 26.8. The summed E-state index contributed by atoms with van der Waals surface area (Å²) in [4.78, 5) is 19.8. The number of aromatic nitrogens is 2. The van der Waals surface area contributed by atoms with Gasteiger partial charge in [0, 0.05) is 17.5 Å². The van der Waals surface area contributed by atoms with Crippen LogP contribution in [0.15, 0.2) is 83.7 Å². The molecule has 1 heterocycles. The molecule has 1 spiro atoms. The smallest absolute Gasteiger partial charge is 0.263 e. The molecule has 1 saturated carbocycles. The largest absolute Gasteiger partial charge is 0.357 e. The van der Waals surface area contributed by atoms with Crippen molar-refractivity contribution < 1.29 is 0 Å². The maximum absolute atomic E-state index is 14.6. The van der Waals surface area contributed by atoms with Crippen LogP contribution in [0.4, 0.5) is 5.95 Å². The van der Waals surface area contributed by atoms with Gasteiger partial charge in [0.05, 0.1) is 16.9 Å². The summed E-state index contributed by atoms with van der Waals surface area (Å²) in [6.45, 7) is 2.61. The average molecular weight is 536 g/mol. The summed E-state index contributed by atoms with van der Waals surface area (Å²) in [5, 5.41) is 3.64. The third kappa shape index (κ3) is 4.83. The maximum Gasteiger partial charge on any atom is 0.263 e. The Morgan fingerprint density at radius 3 is 2.46 bits per heavy atom. The number of hydrazine groups is 1. The number of nitrogens with one attached hydrogen (secondary N) is 3. The second kappa shape index (κ2) is 10.7. The summed E-state index contributed by atoms with van der Waals surface area (Å²) in [6, 6.07) is 26.4. The minimum absolute atomic E-state index is 0.00170. The Labute approximate surface area is 234 Å². The van der Waals surface area contributed by atoms with E-state index in [9.17, 15) is 4.79 Å². The molecule has 1 fully saturated rings. The molecular weight excluding hydrogens is 502 g/mol. The highest BCUT2D eigenvalue weighted by Gasteiger charge is 2.43. The van der Waals surface area contributed by atoms with Gasteiger partial charge in [0.25, 0.3) is 5.56 Å².